The minimum absolute atomic E-state index is 0.126. The summed E-state index contributed by atoms with van der Waals surface area (Å²) in [6, 6.07) is 2.29. The fourth-order valence-corrected chi connectivity index (χ4v) is 4.14. The molecule has 0 spiro atoms. The first-order valence-corrected chi connectivity index (χ1v) is 7.11. The molecule has 0 aliphatic carbocycles. The number of thioether (sulfide) groups is 1. The topological polar surface area (TPSA) is 33.2 Å². The van der Waals surface area contributed by atoms with Gasteiger partial charge in [-0.15, -0.1) is 0 Å². The summed E-state index contributed by atoms with van der Waals surface area (Å²) in [7, 11) is 0. The normalized spacial score (nSPS) is 27.4. The van der Waals surface area contributed by atoms with E-state index >= 15 is 0 Å². The molecule has 3 nitrogen and oxygen atoms in total. The zero-order chi connectivity index (χ0) is 11.1. The van der Waals surface area contributed by atoms with Crippen LogP contribution in [0.15, 0.2) is 22.9 Å². The van der Waals surface area contributed by atoms with Crippen LogP contribution in [0.1, 0.15) is 16.8 Å². The lowest BCUT2D eigenvalue weighted by atomic mass is 10.2. The van der Waals surface area contributed by atoms with Crippen molar-refractivity contribution in [3.05, 3.63) is 28.5 Å². The third-order valence-electron chi connectivity index (χ3n) is 3.11. The number of pyridine rings is 1. The van der Waals surface area contributed by atoms with E-state index in [9.17, 15) is 4.79 Å². The van der Waals surface area contributed by atoms with Crippen LogP contribution in [-0.4, -0.2) is 39.4 Å². The second-order valence-corrected chi connectivity index (χ2v) is 6.44. The molecule has 16 heavy (non-hydrogen) atoms. The molecule has 0 aromatic carbocycles. The van der Waals surface area contributed by atoms with E-state index in [1.54, 1.807) is 12.4 Å². The van der Waals surface area contributed by atoms with Crippen LogP contribution in [0.4, 0.5) is 0 Å². The van der Waals surface area contributed by atoms with Gasteiger partial charge in [-0.3, -0.25) is 9.78 Å². The number of hydrogen-bond acceptors (Lipinski definition) is 3. The second-order valence-electron chi connectivity index (χ2n) is 4.19. The molecule has 3 rings (SSSR count). The lowest BCUT2D eigenvalue weighted by molar-refractivity contribution is 0.0747. The van der Waals surface area contributed by atoms with Crippen LogP contribution in [0.25, 0.3) is 0 Å². The van der Waals surface area contributed by atoms with Crippen molar-refractivity contribution in [2.75, 3.05) is 12.3 Å². The number of carbonyl (C=O) groups is 1. The van der Waals surface area contributed by atoms with Gasteiger partial charge in [0.2, 0.25) is 0 Å². The molecule has 0 radical (unpaired) electrons. The van der Waals surface area contributed by atoms with E-state index in [4.69, 9.17) is 0 Å². The minimum atomic E-state index is 0.126. The van der Waals surface area contributed by atoms with Gasteiger partial charge in [0.15, 0.2) is 0 Å². The molecule has 2 aliphatic heterocycles. The molecule has 2 unspecified atom stereocenters. The standard InChI is InChI=1S/C11H11BrN2OS/c12-8-1-7(3-13-4-8)11(15)14-5-10-2-9(14)6-16-10/h1,3-4,9-10H,2,5-6H2. The Kier molecular flexibility index (Phi) is 2.67. The Balaban J connectivity index is 1.83. The van der Waals surface area contributed by atoms with Crippen LogP contribution in [0, 0.1) is 0 Å². The summed E-state index contributed by atoms with van der Waals surface area (Å²) in [5.41, 5.74) is 0.687. The lowest BCUT2D eigenvalue weighted by Crippen LogP contribution is -2.39. The molecule has 1 aromatic rings. The number of nitrogens with zero attached hydrogens (tertiary/aromatic N) is 2. The molecular formula is C11H11BrN2OS. The van der Waals surface area contributed by atoms with Crippen molar-refractivity contribution in [1.82, 2.24) is 9.88 Å². The van der Waals surface area contributed by atoms with Crippen LogP contribution < -0.4 is 0 Å². The zero-order valence-electron chi connectivity index (χ0n) is 8.60. The first kappa shape index (κ1) is 10.6. The molecule has 2 aliphatic rings. The molecule has 2 atom stereocenters. The van der Waals surface area contributed by atoms with Gasteiger partial charge < -0.3 is 4.90 Å². The van der Waals surface area contributed by atoms with Crippen molar-refractivity contribution in [3.8, 4) is 0 Å². The molecule has 3 heterocycles. The van der Waals surface area contributed by atoms with Gasteiger partial charge in [-0.25, -0.2) is 0 Å². The van der Waals surface area contributed by atoms with Crippen LogP contribution in [-0.2, 0) is 0 Å². The van der Waals surface area contributed by atoms with E-state index in [-0.39, 0.29) is 5.91 Å². The molecule has 2 bridgehead atoms. The number of rotatable bonds is 1. The maximum atomic E-state index is 12.2. The number of amides is 1. The molecule has 0 N–H and O–H groups in total. The number of halogens is 1. The molecule has 5 heteroatoms. The Morgan fingerprint density at radius 2 is 2.44 bits per heavy atom. The van der Waals surface area contributed by atoms with Crippen LogP contribution >= 0.6 is 27.7 Å². The Morgan fingerprint density at radius 3 is 3.06 bits per heavy atom. The number of aromatic nitrogens is 1. The van der Waals surface area contributed by atoms with Gasteiger partial charge in [-0.05, 0) is 28.4 Å². The average Bonchev–Trinajstić information content (AvgIpc) is 2.89. The van der Waals surface area contributed by atoms with Crippen LogP contribution in [0.2, 0.25) is 0 Å². The highest BCUT2D eigenvalue weighted by atomic mass is 79.9. The summed E-state index contributed by atoms with van der Waals surface area (Å²) < 4.78 is 0.858. The first-order valence-electron chi connectivity index (χ1n) is 5.27. The van der Waals surface area contributed by atoms with E-state index < -0.39 is 0 Å². The summed E-state index contributed by atoms with van der Waals surface area (Å²) in [4.78, 5) is 18.3. The predicted octanol–water partition coefficient (Wildman–Crippen LogP) is 2.17. The summed E-state index contributed by atoms with van der Waals surface area (Å²) >= 11 is 5.34. The molecular weight excluding hydrogens is 288 g/mol. The Morgan fingerprint density at radius 1 is 1.56 bits per heavy atom. The van der Waals surface area contributed by atoms with Gasteiger partial charge in [0.25, 0.3) is 5.91 Å². The quantitative estimate of drug-likeness (QED) is 0.797. The van der Waals surface area contributed by atoms with Crippen molar-refractivity contribution in [2.24, 2.45) is 0 Å². The maximum Gasteiger partial charge on any atom is 0.255 e. The van der Waals surface area contributed by atoms with Gasteiger partial charge in [-0.2, -0.15) is 11.8 Å². The Bertz CT molecular complexity index is 440. The first-order chi connectivity index (χ1) is 7.74. The van der Waals surface area contributed by atoms with Crippen LogP contribution in [0.3, 0.4) is 0 Å². The smallest absolute Gasteiger partial charge is 0.255 e. The van der Waals surface area contributed by atoms with Crippen molar-refractivity contribution < 1.29 is 4.79 Å². The largest absolute Gasteiger partial charge is 0.334 e. The van der Waals surface area contributed by atoms with E-state index in [0.29, 0.717) is 16.9 Å². The fraction of sp³-hybridized carbons (Fsp3) is 0.455. The fourth-order valence-electron chi connectivity index (χ4n) is 2.34. The van der Waals surface area contributed by atoms with E-state index in [1.807, 2.05) is 22.7 Å². The predicted molar refractivity (Wildman–Crippen MR) is 67.6 cm³/mol. The highest BCUT2D eigenvalue weighted by molar-refractivity contribution is 9.10. The Labute approximate surface area is 107 Å². The van der Waals surface area contributed by atoms with Crippen molar-refractivity contribution >= 4 is 33.6 Å². The van der Waals surface area contributed by atoms with Gasteiger partial charge in [0, 0.05) is 40.5 Å². The van der Waals surface area contributed by atoms with Crippen LogP contribution in [0.5, 0.6) is 0 Å². The summed E-state index contributed by atoms with van der Waals surface area (Å²) in [6.07, 6.45) is 4.51. The number of likely N-dealkylation sites (tertiary alicyclic amines) is 1. The summed E-state index contributed by atoms with van der Waals surface area (Å²) in [5, 5.41) is 0.661. The monoisotopic (exact) mass is 298 g/mol. The minimum Gasteiger partial charge on any atom is -0.334 e. The number of fused-ring (bicyclic) bond motifs is 2. The highest BCUT2D eigenvalue weighted by Gasteiger charge is 2.41. The molecule has 84 valence electrons. The third kappa shape index (κ3) is 1.76. The SMILES string of the molecule is O=C(c1cncc(Br)c1)N1CC2CC1CS2. The third-order valence-corrected chi connectivity index (χ3v) is 4.94. The molecule has 1 amide bonds. The summed E-state index contributed by atoms with van der Waals surface area (Å²) in [5.74, 6) is 1.22. The molecule has 2 fully saturated rings. The second kappa shape index (κ2) is 4.04. The summed E-state index contributed by atoms with van der Waals surface area (Å²) in [6.45, 7) is 0.903. The number of hydrogen-bond donors (Lipinski definition) is 0. The van der Waals surface area contributed by atoms with Gasteiger partial charge in [0.1, 0.15) is 0 Å². The van der Waals surface area contributed by atoms with Crippen molar-refractivity contribution in [2.45, 2.75) is 17.7 Å². The number of carbonyl (C=O) groups excluding carboxylic acids is 1. The molecule has 1 aromatic heterocycles. The lowest BCUT2D eigenvalue weighted by Gasteiger charge is -2.26. The highest BCUT2D eigenvalue weighted by Crippen LogP contribution is 2.38. The van der Waals surface area contributed by atoms with E-state index in [2.05, 4.69) is 20.9 Å². The average molecular weight is 299 g/mol. The van der Waals surface area contributed by atoms with E-state index in [0.717, 1.165) is 23.2 Å². The molecule has 0 saturated carbocycles. The van der Waals surface area contributed by atoms with Gasteiger partial charge in [-0.1, -0.05) is 0 Å². The molecule has 2 saturated heterocycles. The zero-order valence-corrected chi connectivity index (χ0v) is 11.0. The maximum absolute atomic E-state index is 12.2. The van der Waals surface area contributed by atoms with Gasteiger partial charge >= 0.3 is 0 Å². The van der Waals surface area contributed by atoms with Crippen molar-refractivity contribution in [3.63, 3.8) is 0 Å². The van der Waals surface area contributed by atoms with E-state index in [1.165, 1.54) is 0 Å². The van der Waals surface area contributed by atoms with Gasteiger partial charge in [0.05, 0.1) is 5.56 Å². The van der Waals surface area contributed by atoms with Crippen molar-refractivity contribution in [1.29, 1.82) is 0 Å². The Hall–Kier alpha value is -0.550.